The molecule has 32 heavy (non-hydrogen) atoms. The number of nitrogens with zero attached hydrogens (tertiary/aromatic N) is 3. The Morgan fingerprint density at radius 3 is 2.19 bits per heavy atom. The van der Waals surface area contributed by atoms with Gasteiger partial charge in [-0.15, -0.1) is 0 Å². The van der Waals surface area contributed by atoms with Crippen molar-refractivity contribution in [3.63, 3.8) is 0 Å². The summed E-state index contributed by atoms with van der Waals surface area (Å²) in [6, 6.07) is 6.29. The second-order valence-electron chi connectivity index (χ2n) is 7.88. The molecule has 1 aromatic carbocycles. The molecule has 0 atom stereocenters. The zero-order chi connectivity index (χ0) is 23.0. The molecule has 2 heterocycles. The molecule has 1 N–H and O–H groups in total. The van der Waals surface area contributed by atoms with E-state index in [0.717, 1.165) is 49.8 Å². The SMILES string of the molecule is CS(=O)(=O)N(CC(=O)NCCCN1CCOCC1)c1ccc(C(=O)N2CCOCC2)cc1. The van der Waals surface area contributed by atoms with E-state index in [1.807, 2.05) is 0 Å². The van der Waals surface area contributed by atoms with Gasteiger partial charge in [-0.1, -0.05) is 0 Å². The van der Waals surface area contributed by atoms with Crippen LogP contribution < -0.4 is 9.62 Å². The number of sulfonamides is 1. The lowest BCUT2D eigenvalue weighted by molar-refractivity contribution is -0.119. The quantitative estimate of drug-likeness (QED) is 0.499. The van der Waals surface area contributed by atoms with Gasteiger partial charge in [-0.05, 0) is 37.2 Å². The van der Waals surface area contributed by atoms with E-state index >= 15 is 0 Å². The minimum absolute atomic E-state index is 0.122. The van der Waals surface area contributed by atoms with Crippen molar-refractivity contribution in [2.24, 2.45) is 0 Å². The Morgan fingerprint density at radius 2 is 1.59 bits per heavy atom. The number of amides is 2. The molecule has 0 spiro atoms. The Kier molecular flexibility index (Phi) is 8.85. The fourth-order valence-corrected chi connectivity index (χ4v) is 4.52. The van der Waals surface area contributed by atoms with Gasteiger partial charge >= 0.3 is 0 Å². The van der Waals surface area contributed by atoms with Gasteiger partial charge in [-0.3, -0.25) is 18.8 Å². The Labute approximate surface area is 189 Å². The largest absolute Gasteiger partial charge is 0.379 e. The molecular weight excluding hydrogens is 436 g/mol. The van der Waals surface area contributed by atoms with Crippen LogP contribution in [0.15, 0.2) is 24.3 Å². The molecule has 2 aliphatic heterocycles. The Bertz CT molecular complexity index is 865. The normalized spacial score (nSPS) is 17.7. The summed E-state index contributed by atoms with van der Waals surface area (Å²) in [5, 5.41) is 2.79. The molecule has 178 valence electrons. The lowest BCUT2D eigenvalue weighted by atomic mass is 10.1. The first kappa shape index (κ1) is 24.4. The van der Waals surface area contributed by atoms with Crippen LogP contribution in [0.1, 0.15) is 16.8 Å². The highest BCUT2D eigenvalue weighted by atomic mass is 32.2. The predicted molar refractivity (Wildman–Crippen MR) is 120 cm³/mol. The Morgan fingerprint density at radius 1 is 1.00 bits per heavy atom. The van der Waals surface area contributed by atoms with Crippen molar-refractivity contribution in [2.45, 2.75) is 6.42 Å². The molecule has 2 saturated heterocycles. The lowest BCUT2D eigenvalue weighted by Gasteiger charge is -2.27. The fourth-order valence-electron chi connectivity index (χ4n) is 3.66. The average Bonchev–Trinajstić information content (AvgIpc) is 2.80. The summed E-state index contributed by atoms with van der Waals surface area (Å²) in [6.07, 6.45) is 1.84. The van der Waals surface area contributed by atoms with E-state index in [9.17, 15) is 18.0 Å². The van der Waals surface area contributed by atoms with Crippen LogP contribution in [-0.4, -0.2) is 109 Å². The van der Waals surface area contributed by atoms with Crippen LogP contribution in [0.25, 0.3) is 0 Å². The van der Waals surface area contributed by atoms with Gasteiger partial charge in [0.2, 0.25) is 15.9 Å². The fraction of sp³-hybridized carbons (Fsp3) is 0.619. The van der Waals surface area contributed by atoms with Gasteiger partial charge in [0.15, 0.2) is 0 Å². The molecule has 0 radical (unpaired) electrons. The van der Waals surface area contributed by atoms with Crippen molar-refractivity contribution < 1.29 is 27.5 Å². The Hall–Kier alpha value is -2.21. The summed E-state index contributed by atoms with van der Waals surface area (Å²) in [7, 11) is -3.68. The van der Waals surface area contributed by atoms with Gasteiger partial charge in [-0.2, -0.15) is 0 Å². The second-order valence-corrected chi connectivity index (χ2v) is 9.79. The monoisotopic (exact) mass is 468 g/mol. The van der Waals surface area contributed by atoms with Gasteiger partial charge in [0.05, 0.1) is 38.4 Å². The molecule has 0 aliphatic carbocycles. The van der Waals surface area contributed by atoms with Crippen LogP contribution in [0.2, 0.25) is 0 Å². The van der Waals surface area contributed by atoms with Crippen LogP contribution in [0, 0.1) is 0 Å². The molecule has 0 saturated carbocycles. The smallest absolute Gasteiger partial charge is 0.254 e. The first-order valence-corrected chi connectivity index (χ1v) is 12.7. The highest BCUT2D eigenvalue weighted by Crippen LogP contribution is 2.19. The molecule has 2 aliphatic rings. The number of nitrogens with one attached hydrogen (secondary N) is 1. The number of hydrogen-bond donors (Lipinski definition) is 1. The van der Waals surface area contributed by atoms with E-state index in [-0.39, 0.29) is 18.4 Å². The molecule has 10 nitrogen and oxygen atoms in total. The molecule has 0 unspecified atom stereocenters. The average molecular weight is 469 g/mol. The summed E-state index contributed by atoms with van der Waals surface area (Å²) < 4.78 is 36.2. The van der Waals surface area contributed by atoms with Crippen molar-refractivity contribution >= 4 is 27.5 Å². The minimum atomic E-state index is -3.68. The summed E-state index contributed by atoms with van der Waals surface area (Å²) in [5.74, 6) is -0.491. The molecule has 11 heteroatoms. The second kappa shape index (κ2) is 11.6. The third-order valence-corrected chi connectivity index (χ3v) is 6.61. The van der Waals surface area contributed by atoms with Gasteiger partial charge in [0.1, 0.15) is 6.54 Å². The van der Waals surface area contributed by atoms with Gasteiger partial charge < -0.3 is 19.7 Å². The van der Waals surface area contributed by atoms with E-state index in [0.29, 0.717) is 44.1 Å². The summed E-state index contributed by atoms with van der Waals surface area (Å²) in [5.41, 5.74) is 0.811. The number of anilines is 1. The molecule has 2 amide bonds. The Balaban J connectivity index is 1.53. The van der Waals surface area contributed by atoms with Gasteiger partial charge in [0.25, 0.3) is 5.91 Å². The van der Waals surface area contributed by atoms with Crippen LogP contribution in [0.5, 0.6) is 0 Å². The van der Waals surface area contributed by atoms with E-state index < -0.39 is 10.0 Å². The van der Waals surface area contributed by atoms with E-state index in [2.05, 4.69) is 10.2 Å². The van der Waals surface area contributed by atoms with Gasteiger partial charge in [-0.25, -0.2) is 8.42 Å². The van der Waals surface area contributed by atoms with Crippen LogP contribution in [0.3, 0.4) is 0 Å². The topological polar surface area (TPSA) is 108 Å². The van der Waals surface area contributed by atoms with Crippen LogP contribution in [0.4, 0.5) is 5.69 Å². The van der Waals surface area contributed by atoms with E-state index in [1.54, 1.807) is 29.2 Å². The lowest BCUT2D eigenvalue weighted by Crippen LogP contribution is -2.42. The van der Waals surface area contributed by atoms with Crippen molar-refractivity contribution in [1.29, 1.82) is 0 Å². The maximum Gasteiger partial charge on any atom is 0.254 e. The molecule has 0 bridgehead atoms. The number of carbonyl (C=O) groups excluding carboxylic acids is 2. The number of benzene rings is 1. The summed E-state index contributed by atoms with van der Waals surface area (Å²) in [6.45, 7) is 6.33. The first-order valence-electron chi connectivity index (χ1n) is 10.9. The molecule has 3 rings (SSSR count). The zero-order valence-electron chi connectivity index (χ0n) is 18.5. The van der Waals surface area contributed by atoms with Crippen molar-refractivity contribution in [3.8, 4) is 0 Å². The highest BCUT2D eigenvalue weighted by molar-refractivity contribution is 7.92. The highest BCUT2D eigenvalue weighted by Gasteiger charge is 2.23. The molecular formula is C21H32N4O6S. The standard InChI is InChI=1S/C21H32N4O6S/c1-32(28,29)25(17-20(26)22-7-2-8-23-9-13-30-14-10-23)19-5-3-18(4-6-19)21(27)24-11-15-31-16-12-24/h3-6H,2,7-17H2,1H3,(H,22,26). The third-order valence-electron chi connectivity index (χ3n) is 5.47. The number of morpholine rings is 2. The van der Waals surface area contributed by atoms with Crippen molar-refractivity contribution in [2.75, 3.05) is 82.8 Å². The molecule has 2 fully saturated rings. The van der Waals surface area contributed by atoms with Crippen molar-refractivity contribution in [1.82, 2.24) is 15.1 Å². The summed E-state index contributed by atoms with van der Waals surface area (Å²) >= 11 is 0. The number of hydrogen-bond acceptors (Lipinski definition) is 7. The maximum absolute atomic E-state index is 12.6. The van der Waals surface area contributed by atoms with Crippen LogP contribution in [-0.2, 0) is 24.3 Å². The van der Waals surface area contributed by atoms with Crippen LogP contribution >= 0.6 is 0 Å². The third kappa shape index (κ3) is 7.16. The van der Waals surface area contributed by atoms with E-state index in [4.69, 9.17) is 9.47 Å². The molecule has 0 aromatic heterocycles. The summed E-state index contributed by atoms with van der Waals surface area (Å²) in [4.78, 5) is 28.9. The van der Waals surface area contributed by atoms with Crippen molar-refractivity contribution in [3.05, 3.63) is 29.8 Å². The molecule has 1 aromatic rings. The number of carbonyl (C=O) groups is 2. The first-order chi connectivity index (χ1) is 15.3. The number of rotatable bonds is 9. The predicted octanol–water partition coefficient (Wildman–Crippen LogP) is -0.236. The van der Waals surface area contributed by atoms with E-state index in [1.165, 1.54) is 0 Å². The van der Waals surface area contributed by atoms with Gasteiger partial charge in [0, 0.05) is 38.3 Å². The zero-order valence-corrected chi connectivity index (χ0v) is 19.3. The minimum Gasteiger partial charge on any atom is -0.379 e. The number of ether oxygens (including phenoxy) is 2. The maximum atomic E-state index is 12.6.